The maximum atomic E-state index is 13.0. The van der Waals surface area contributed by atoms with Gasteiger partial charge in [-0.05, 0) is 72.2 Å². The molecule has 188 valence electrons. The summed E-state index contributed by atoms with van der Waals surface area (Å²) in [6.45, 7) is 2.23. The summed E-state index contributed by atoms with van der Waals surface area (Å²) in [5, 5.41) is 9.46. The zero-order valence-corrected chi connectivity index (χ0v) is 19.3. The van der Waals surface area contributed by atoms with E-state index in [0.717, 1.165) is 28.0 Å². The number of fused-ring (bicyclic) bond motifs is 1. The Labute approximate surface area is 201 Å². The molecule has 0 saturated heterocycles. The lowest BCUT2D eigenvalue weighted by atomic mass is 9.98. The van der Waals surface area contributed by atoms with Crippen LogP contribution in [0.15, 0.2) is 36.4 Å². The minimum atomic E-state index is -4.89. The highest BCUT2D eigenvalue weighted by atomic mass is 19.4. The first-order valence-electron chi connectivity index (χ1n) is 11.3. The monoisotopic (exact) mass is 492 g/mol. The summed E-state index contributed by atoms with van der Waals surface area (Å²) in [5.74, 6) is -0.432. The summed E-state index contributed by atoms with van der Waals surface area (Å²) in [5.41, 5.74) is 3.46. The second-order valence-corrected chi connectivity index (χ2v) is 8.32. The number of anilines is 1. The SMILES string of the molecule is CC(=O)N1CCc2cc(-c3ccc(OC(F)(F)F)c(CCN(CCCCC=O)C(=O)O)c3)ccc21. The van der Waals surface area contributed by atoms with Crippen LogP contribution in [0, 0.1) is 0 Å². The van der Waals surface area contributed by atoms with Gasteiger partial charge in [-0.2, -0.15) is 0 Å². The molecular weight excluding hydrogens is 465 g/mol. The molecule has 2 amide bonds. The number of hydrogen-bond donors (Lipinski definition) is 1. The molecule has 1 aliphatic heterocycles. The summed E-state index contributed by atoms with van der Waals surface area (Å²) in [6, 6.07) is 9.89. The Hall–Kier alpha value is -3.56. The summed E-state index contributed by atoms with van der Waals surface area (Å²) < 4.78 is 43.1. The fraction of sp³-hybridized carbons (Fsp3) is 0.400. The molecule has 0 bridgehead atoms. The number of carboxylic acid groups (broad SMARTS) is 1. The van der Waals surface area contributed by atoms with Crippen molar-refractivity contribution in [2.45, 2.75) is 45.4 Å². The van der Waals surface area contributed by atoms with Crippen molar-refractivity contribution in [2.24, 2.45) is 0 Å². The van der Waals surface area contributed by atoms with Crippen molar-refractivity contribution in [3.05, 3.63) is 47.5 Å². The van der Waals surface area contributed by atoms with Gasteiger partial charge in [-0.3, -0.25) is 4.79 Å². The number of alkyl halides is 3. The van der Waals surface area contributed by atoms with Crippen molar-refractivity contribution in [3.8, 4) is 16.9 Å². The van der Waals surface area contributed by atoms with Crippen molar-refractivity contribution < 1.29 is 37.4 Å². The van der Waals surface area contributed by atoms with Crippen LogP contribution in [0.5, 0.6) is 5.75 Å². The van der Waals surface area contributed by atoms with E-state index in [1.807, 2.05) is 12.1 Å². The summed E-state index contributed by atoms with van der Waals surface area (Å²) in [7, 11) is 0. The number of amides is 2. The van der Waals surface area contributed by atoms with Gasteiger partial charge in [0.05, 0.1) is 0 Å². The van der Waals surface area contributed by atoms with Crippen molar-refractivity contribution >= 4 is 24.0 Å². The average molecular weight is 492 g/mol. The number of aldehydes is 1. The van der Waals surface area contributed by atoms with Crippen LogP contribution in [0.3, 0.4) is 0 Å². The molecule has 0 unspecified atom stereocenters. The van der Waals surface area contributed by atoms with Crippen LogP contribution in [0.25, 0.3) is 11.1 Å². The number of ether oxygens (including phenoxy) is 1. The number of nitrogens with zero attached hydrogens (tertiary/aromatic N) is 2. The molecule has 1 N–H and O–H groups in total. The first kappa shape index (κ1) is 26.1. The number of halogens is 3. The van der Waals surface area contributed by atoms with Gasteiger partial charge in [0.2, 0.25) is 5.91 Å². The lowest BCUT2D eigenvalue weighted by Crippen LogP contribution is -2.32. The maximum Gasteiger partial charge on any atom is 0.573 e. The highest BCUT2D eigenvalue weighted by Gasteiger charge is 2.32. The Morgan fingerprint density at radius 1 is 1.11 bits per heavy atom. The molecule has 0 radical (unpaired) electrons. The van der Waals surface area contributed by atoms with E-state index in [1.54, 1.807) is 17.0 Å². The number of hydrogen-bond acceptors (Lipinski definition) is 4. The molecule has 2 aromatic rings. The average Bonchev–Trinajstić information content (AvgIpc) is 3.22. The van der Waals surface area contributed by atoms with Crippen LogP contribution < -0.4 is 9.64 Å². The quantitative estimate of drug-likeness (QED) is 0.370. The standard InChI is InChI=1S/C25H27F3N2O5/c1-17(32)30-13-10-20-15-18(5-7-22(20)30)19-6-8-23(35-25(26,27)28)21(16-19)9-12-29(24(33)34)11-3-2-4-14-31/h5-8,14-16H,2-4,9-13H2,1H3,(H,33,34). The largest absolute Gasteiger partial charge is 0.573 e. The third kappa shape index (κ3) is 6.97. The Morgan fingerprint density at radius 3 is 2.49 bits per heavy atom. The molecule has 1 aliphatic rings. The van der Waals surface area contributed by atoms with Crippen LogP contribution >= 0.6 is 0 Å². The smallest absolute Gasteiger partial charge is 0.465 e. The van der Waals surface area contributed by atoms with Crippen molar-refractivity contribution in [1.82, 2.24) is 4.90 Å². The van der Waals surface area contributed by atoms with E-state index >= 15 is 0 Å². The van der Waals surface area contributed by atoms with Crippen LogP contribution in [-0.2, 0) is 22.4 Å². The molecular formula is C25H27F3N2O5. The van der Waals surface area contributed by atoms with Gasteiger partial charge in [-0.25, -0.2) is 4.79 Å². The third-order valence-corrected chi connectivity index (χ3v) is 5.90. The molecule has 0 spiro atoms. The summed E-state index contributed by atoms with van der Waals surface area (Å²) >= 11 is 0. The van der Waals surface area contributed by atoms with E-state index in [-0.39, 0.29) is 36.7 Å². The molecule has 0 saturated carbocycles. The van der Waals surface area contributed by atoms with E-state index in [0.29, 0.717) is 37.8 Å². The Balaban J connectivity index is 1.85. The minimum absolute atomic E-state index is 0.0162. The van der Waals surface area contributed by atoms with Crippen molar-refractivity contribution in [1.29, 1.82) is 0 Å². The van der Waals surface area contributed by atoms with Gasteiger partial charge in [0, 0.05) is 38.7 Å². The predicted molar refractivity (Wildman–Crippen MR) is 124 cm³/mol. The maximum absolute atomic E-state index is 13.0. The van der Waals surface area contributed by atoms with Gasteiger partial charge in [0.1, 0.15) is 12.0 Å². The van der Waals surface area contributed by atoms with E-state index in [1.165, 1.54) is 19.1 Å². The van der Waals surface area contributed by atoms with Crippen molar-refractivity contribution in [2.75, 3.05) is 24.5 Å². The second kappa shape index (κ2) is 11.2. The molecule has 0 atom stereocenters. The number of unbranched alkanes of at least 4 members (excludes halogenated alkanes) is 2. The Morgan fingerprint density at radius 2 is 1.83 bits per heavy atom. The Kier molecular flexibility index (Phi) is 8.37. The zero-order valence-electron chi connectivity index (χ0n) is 19.3. The van der Waals surface area contributed by atoms with Crippen LogP contribution in [0.1, 0.15) is 37.3 Å². The number of carbonyl (C=O) groups is 3. The molecule has 2 aromatic carbocycles. The van der Waals surface area contributed by atoms with Gasteiger partial charge in [0.25, 0.3) is 0 Å². The van der Waals surface area contributed by atoms with Gasteiger partial charge in [-0.15, -0.1) is 13.2 Å². The Bertz CT molecular complexity index is 1090. The topological polar surface area (TPSA) is 87.2 Å². The number of rotatable bonds is 10. The predicted octanol–water partition coefficient (Wildman–Crippen LogP) is 5.05. The highest BCUT2D eigenvalue weighted by molar-refractivity contribution is 5.94. The van der Waals surface area contributed by atoms with Gasteiger partial charge < -0.3 is 24.4 Å². The fourth-order valence-corrected chi connectivity index (χ4v) is 4.18. The summed E-state index contributed by atoms with van der Waals surface area (Å²) in [4.78, 5) is 36.6. The van der Waals surface area contributed by atoms with E-state index in [4.69, 9.17) is 0 Å². The first-order chi connectivity index (χ1) is 16.6. The minimum Gasteiger partial charge on any atom is -0.465 e. The van der Waals surface area contributed by atoms with Gasteiger partial charge in [-0.1, -0.05) is 12.1 Å². The lowest BCUT2D eigenvalue weighted by Gasteiger charge is -2.21. The van der Waals surface area contributed by atoms with Crippen LogP contribution in [-0.4, -0.2) is 54.3 Å². The molecule has 0 fully saturated rings. The lowest BCUT2D eigenvalue weighted by molar-refractivity contribution is -0.274. The van der Waals surface area contributed by atoms with E-state index in [2.05, 4.69) is 4.74 Å². The molecule has 7 nitrogen and oxygen atoms in total. The molecule has 35 heavy (non-hydrogen) atoms. The fourth-order valence-electron chi connectivity index (χ4n) is 4.18. The molecule has 3 rings (SSSR count). The zero-order chi connectivity index (χ0) is 25.6. The molecule has 0 aromatic heterocycles. The third-order valence-electron chi connectivity index (χ3n) is 5.90. The van der Waals surface area contributed by atoms with Crippen LogP contribution in [0.4, 0.5) is 23.7 Å². The molecule has 1 heterocycles. The van der Waals surface area contributed by atoms with E-state index < -0.39 is 12.5 Å². The molecule has 10 heteroatoms. The van der Waals surface area contributed by atoms with Crippen LogP contribution in [0.2, 0.25) is 0 Å². The second-order valence-electron chi connectivity index (χ2n) is 8.32. The molecule has 0 aliphatic carbocycles. The van der Waals surface area contributed by atoms with Gasteiger partial charge in [0.15, 0.2) is 0 Å². The van der Waals surface area contributed by atoms with Crippen molar-refractivity contribution in [3.63, 3.8) is 0 Å². The first-order valence-corrected chi connectivity index (χ1v) is 11.3. The normalized spacial score (nSPS) is 12.9. The number of carbonyl (C=O) groups excluding carboxylic acids is 2. The van der Waals surface area contributed by atoms with Gasteiger partial charge >= 0.3 is 12.5 Å². The highest BCUT2D eigenvalue weighted by Crippen LogP contribution is 2.35. The van der Waals surface area contributed by atoms with E-state index in [9.17, 15) is 32.7 Å². The summed E-state index contributed by atoms with van der Waals surface area (Å²) in [6.07, 6.45) is -3.28. The number of benzene rings is 2.